The second-order valence-corrected chi connectivity index (χ2v) is 25.7. The highest BCUT2D eigenvalue weighted by molar-refractivity contribution is 5.92. The molecule has 0 aromatic heterocycles. The summed E-state index contributed by atoms with van der Waals surface area (Å²) in [6, 6.07) is 28.1. The summed E-state index contributed by atoms with van der Waals surface area (Å²) in [6.45, 7) is 17.6. The van der Waals surface area contributed by atoms with Crippen LogP contribution in [0.4, 0.5) is 9.59 Å². The summed E-state index contributed by atoms with van der Waals surface area (Å²) in [7, 11) is 0. The lowest BCUT2D eigenvalue weighted by Crippen LogP contribution is -2.59. The third kappa shape index (κ3) is 31.8. The van der Waals surface area contributed by atoms with E-state index in [1.54, 1.807) is 48.5 Å². The van der Waals surface area contributed by atoms with E-state index in [9.17, 15) is 86.9 Å². The lowest BCUT2D eigenvalue weighted by molar-refractivity contribution is -0.252. The molecule has 38 nitrogen and oxygen atoms in total. The molecule has 2 atom stereocenters. The lowest BCUT2D eigenvalue weighted by Gasteiger charge is -2.41. The standard InChI is InChI=1S/C87H86O38/c1-11-69(92)110-45-83(46-111-70(93)12-2,47-112-71(94)13-3)124-85(51-116-75(98)17-7,52-117-76(99)18-8)55-120-81(104)108-43-61(122-79(102)39-37-67(88)89)41-106-59-33-29-57(30-34-59)87(65-27-23-21-25-63(65)64-26-22-24-28-66(64)87)58-31-35-60(36-32-58)107-42-62(123-80(103)40-38-68(90)91)44-109-82(105)121-56-86(53-118-77(100)19-9,54-119-78(101)20-10)125-84(48-113-72(95)14-4,49-114-73(96)15-5)50-115-74(97)16-6/h11-40,61-62H,1-10,41-56H2,(H,88,89)(H,90,91). The average molecular weight is 1740 g/mol. The normalized spacial score (nSPS) is 12.1. The number of esters is 12. The van der Waals surface area contributed by atoms with Crippen LogP contribution in [0.5, 0.6) is 11.5 Å². The summed E-state index contributed by atoms with van der Waals surface area (Å²) in [5.74, 6) is -16.6. The average Bonchev–Trinajstić information content (AvgIpc) is 1.54. The SMILES string of the molecule is C=CC(=O)OCC(COC(=O)C=C)(COC(=O)C=C)OC(COC(=O)C=C)(COC(=O)C=C)COC(=O)OCC(COc1ccc(C2(c3ccc(OCC(COC(=O)OCC(COC(=O)C=C)(COC(=O)C=C)OC(COC(=O)C=C)(COC(=O)C=C)COC(=O)C=C)OC(=O)C=CC(=O)O)cc3)c3ccccc3-c3ccccc32)cc1)OC(=O)C=CC(=O)O. The summed E-state index contributed by atoms with van der Waals surface area (Å²) >= 11 is 0. The minimum atomic E-state index is -2.50. The van der Waals surface area contributed by atoms with Crippen LogP contribution in [-0.2, 0) is 158 Å². The molecular formula is C87H86O38. The van der Waals surface area contributed by atoms with E-state index in [1.807, 2.05) is 48.5 Å². The van der Waals surface area contributed by atoms with E-state index < -0.39 is 242 Å². The summed E-state index contributed by atoms with van der Waals surface area (Å²) < 4.78 is 110. The zero-order valence-electron chi connectivity index (χ0n) is 67.0. The number of carboxylic acids is 2. The van der Waals surface area contributed by atoms with Gasteiger partial charge in [0.1, 0.15) is 117 Å². The van der Waals surface area contributed by atoms with Gasteiger partial charge in [0.2, 0.25) is 0 Å². The van der Waals surface area contributed by atoms with Crippen LogP contribution in [0.1, 0.15) is 22.3 Å². The minimum Gasteiger partial charge on any atom is -0.490 e. The van der Waals surface area contributed by atoms with Crippen molar-refractivity contribution in [2.75, 3.05) is 106 Å². The Hall–Kier alpha value is -15.6. The molecule has 5 rings (SSSR count). The predicted octanol–water partition coefficient (Wildman–Crippen LogP) is 6.50. The van der Waals surface area contributed by atoms with E-state index in [-0.39, 0.29) is 11.5 Å². The quantitative estimate of drug-likeness (QED) is 0.0238. The van der Waals surface area contributed by atoms with E-state index in [1.165, 1.54) is 0 Å². The number of aliphatic carboxylic acids is 2. The number of carbonyl (C=O) groups excluding carboxylic acids is 14. The van der Waals surface area contributed by atoms with Crippen LogP contribution in [0.15, 0.2) is 248 Å². The summed E-state index contributed by atoms with van der Waals surface area (Å²) in [4.78, 5) is 203. The first-order chi connectivity index (χ1) is 59.7. The van der Waals surface area contributed by atoms with Gasteiger partial charge in [-0.15, -0.1) is 0 Å². The van der Waals surface area contributed by atoms with Gasteiger partial charge in [-0.25, -0.2) is 76.7 Å². The Bertz CT molecular complexity index is 4290. The third-order valence-electron chi connectivity index (χ3n) is 16.7. The van der Waals surface area contributed by atoms with Gasteiger partial charge in [-0.2, -0.15) is 0 Å². The maximum absolute atomic E-state index is 13.8. The van der Waals surface area contributed by atoms with Crippen LogP contribution in [0, 0.1) is 0 Å². The fourth-order valence-corrected chi connectivity index (χ4v) is 11.1. The molecule has 125 heavy (non-hydrogen) atoms. The van der Waals surface area contributed by atoms with Crippen molar-refractivity contribution in [2.45, 2.75) is 40.0 Å². The molecule has 2 unspecified atom stereocenters. The maximum Gasteiger partial charge on any atom is 0.508 e. The molecule has 4 aromatic rings. The van der Waals surface area contributed by atoms with Gasteiger partial charge < -0.3 is 105 Å². The number of hydrogen-bond acceptors (Lipinski definition) is 36. The molecule has 0 saturated carbocycles. The summed E-state index contributed by atoms with van der Waals surface area (Å²) in [5, 5.41) is 18.6. The van der Waals surface area contributed by atoms with Crippen LogP contribution in [0.25, 0.3) is 11.1 Å². The van der Waals surface area contributed by atoms with E-state index in [2.05, 4.69) is 65.8 Å². The highest BCUT2D eigenvalue weighted by atomic mass is 16.8. The third-order valence-corrected chi connectivity index (χ3v) is 16.7. The number of benzene rings is 4. The number of fused-ring (bicyclic) bond motifs is 3. The predicted molar refractivity (Wildman–Crippen MR) is 427 cm³/mol. The van der Waals surface area contributed by atoms with Crippen molar-refractivity contribution in [1.82, 2.24) is 0 Å². The van der Waals surface area contributed by atoms with Crippen molar-refractivity contribution in [2.24, 2.45) is 0 Å². The van der Waals surface area contributed by atoms with Crippen molar-refractivity contribution in [3.05, 3.63) is 270 Å². The van der Waals surface area contributed by atoms with Crippen LogP contribution >= 0.6 is 0 Å². The Morgan fingerprint density at radius 1 is 0.280 bits per heavy atom. The van der Waals surface area contributed by atoms with Gasteiger partial charge in [-0.3, -0.25) is 0 Å². The Labute approximate surface area is 713 Å². The van der Waals surface area contributed by atoms with E-state index in [0.717, 1.165) is 58.7 Å². The number of hydrogen-bond donors (Lipinski definition) is 2. The van der Waals surface area contributed by atoms with Gasteiger partial charge in [-0.05, 0) is 57.6 Å². The number of carbonyl (C=O) groups is 16. The Morgan fingerprint density at radius 3 is 0.728 bits per heavy atom. The van der Waals surface area contributed by atoms with Gasteiger partial charge >= 0.3 is 95.9 Å². The van der Waals surface area contributed by atoms with E-state index in [0.29, 0.717) is 59.7 Å². The molecule has 0 amide bonds. The number of carboxylic acid groups (broad SMARTS) is 2. The molecule has 0 fully saturated rings. The minimum absolute atomic E-state index is 0.103. The summed E-state index contributed by atoms with van der Waals surface area (Å²) in [5.41, 5.74) is -6.50. The second kappa shape index (κ2) is 49.8. The second-order valence-electron chi connectivity index (χ2n) is 25.7. The molecule has 662 valence electrons. The van der Waals surface area contributed by atoms with Crippen molar-refractivity contribution in [3.63, 3.8) is 0 Å². The van der Waals surface area contributed by atoms with Crippen molar-refractivity contribution in [1.29, 1.82) is 0 Å². The first-order valence-electron chi connectivity index (χ1n) is 36.5. The Morgan fingerprint density at radius 2 is 0.504 bits per heavy atom. The first-order valence-corrected chi connectivity index (χ1v) is 36.5. The van der Waals surface area contributed by atoms with E-state index in [4.69, 9.17) is 94.7 Å². The van der Waals surface area contributed by atoms with Gasteiger partial charge in [-0.1, -0.05) is 139 Å². The molecule has 0 spiro atoms. The Balaban J connectivity index is 1.50. The molecule has 0 saturated heterocycles. The fourth-order valence-electron chi connectivity index (χ4n) is 11.1. The molecule has 38 heteroatoms. The molecular weight excluding hydrogens is 1650 g/mol. The number of ether oxygens (including phenoxy) is 20. The maximum atomic E-state index is 13.8. The van der Waals surface area contributed by atoms with Gasteiger partial charge in [0.25, 0.3) is 0 Å². The van der Waals surface area contributed by atoms with Crippen molar-refractivity contribution < 1.29 is 182 Å². The zero-order valence-corrected chi connectivity index (χ0v) is 67.0. The van der Waals surface area contributed by atoms with Gasteiger partial charge in [0, 0.05) is 85.1 Å². The lowest BCUT2D eigenvalue weighted by atomic mass is 9.68. The van der Waals surface area contributed by atoms with Crippen LogP contribution in [0.3, 0.4) is 0 Å². The van der Waals surface area contributed by atoms with E-state index >= 15 is 0 Å². The molecule has 0 heterocycles. The Kier molecular flexibility index (Phi) is 39.9. The molecule has 1 aliphatic carbocycles. The number of rotatable bonds is 56. The van der Waals surface area contributed by atoms with Crippen LogP contribution in [-0.4, -0.2) is 246 Å². The molecule has 1 aliphatic rings. The largest absolute Gasteiger partial charge is 0.508 e. The molecule has 4 aromatic carbocycles. The van der Waals surface area contributed by atoms with Gasteiger partial charge in [0.05, 0.1) is 5.41 Å². The highest BCUT2D eigenvalue weighted by Crippen LogP contribution is 2.56. The van der Waals surface area contributed by atoms with Crippen molar-refractivity contribution >= 4 is 95.9 Å². The topological polar surface area (TPSA) is 498 Å². The summed E-state index contributed by atoms with van der Waals surface area (Å²) in [6.07, 6.45) is 2.68. The van der Waals surface area contributed by atoms with Gasteiger partial charge in [0.15, 0.2) is 34.6 Å². The highest BCUT2D eigenvalue weighted by Gasteiger charge is 2.52. The molecule has 0 bridgehead atoms. The molecule has 0 radical (unpaired) electrons. The fraction of sp³-hybridized carbons (Fsp3) is 0.264. The first kappa shape index (κ1) is 100.0. The molecule has 2 N–H and O–H groups in total. The van der Waals surface area contributed by atoms with Crippen LogP contribution < -0.4 is 9.47 Å². The molecule has 0 aliphatic heterocycles. The smallest absolute Gasteiger partial charge is 0.490 e. The monoisotopic (exact) mass is 1740 g/mol. The van der Waals surface area contributed by atoms with Crippen molar-refractivity contribution in [3.8, 4) is 22.6 Å². The zero-order chi connectivity index (χ0) is 92.2. The van der Waals surface area contributed by atoms with Crippen LogP contribution in [0.2, 0.25) is 0 Å².